The van der Waals surface area contributed by atoms with Crippen molar-refractivity contribution in [3.63, 3.8) is 0 Å². The van der Waals surface area contributed by atoms with Crippen LogP contribution in [-0.2, 0) is 0 Å². The second kappa shape index (κ2) is 19.8. The van der Waals surface area contributed by atoms with Crippen LogP contribution in [-0.4, -0.2) is 28.0 Å². The lowest BCUT2D eigenvalue weighted by Gasteiger charge is -2.32. The van der Waals surface area contributed by atoms with E-state index in [1.54, 1.807) is 13.8 Å². The Labute approximate surface area is 183 Å². The summed E-state index contributed by atoms with van der Waals surface area (Å²) < 4.78 is 0. The van der Waals surface area contributed by atoms with Crippen molar-refractivity contribution >= 4 is 0 Å². The van der Waals surface area contributed by atoms with Gasteiger partial charge in [0, 0.05) is 5.54 Å². The molecule has 3 nitrogen and oxygen atoms in total. The summed E-state index contributed by atoms with van der Waals surface area (Å²) in [6, 6.07) is 0. The third kappa shape index (κ3) is 20.9. The number of aliphatic hydroxyl groups is 2. The fourth-order valence-electron chi connectivity index (χ4n) is 4.67. The molecule has 0 bridgehead atoms. The molecule has 0 saturated carbocycles. The molecule has 0 saturated heterocycles. The van der Waals surface area contributed by atoms with Crippen molar-refractivity contribution in [2.24, 2.45) is 5.73 Å². The third-order valence-corrected chi connectivity index (χ3v) is 6.18. The van der Waals surface area contributed by atoms with Gasteiger partial charge in [0.2, 0.25) is 0 Å². The molecule has 4 N–H and O–H groups in total. The van der Waals surface area contributed by atoms with Gasteiger partial charge in [0.25, 0.3) is 0 Å². The Kier molecular flexibility index (Phi) is 19.7. The highest BCUT2D eigenvalue weighted by Crippen LogP contribution is 2.24. The number of hydrogen-bond acceptors (Lipinski definition) is 3. The molecule has 0 aromatic heterocycles. The molecule has 0 amide bonds. The van der Waals surface area contributed by atoms with Crippen LogP contribution in [0.25, 0.3) is 0 Å². The molecule has 0 radical (unpaired) electrons. The van der Waals surface area contributed by atoms with Gasteiger partial charge in [0.15, 0.2) is 0 Å². The number of rotatable bonds is 22. The lowest BCUT2D eigenvalue weighted by Crippen LogP contribution is -2.44. The quantitative estimate of drug-likeness (QED) is 0.163. The Morgan fingerprint density at radius 2 is 0.828 bits per heavy atom. The monoisotopic (exact) mass is 413 g/mol. The van der Waals surface area contributed by atoms with Crippen molar-refractivity contribution in [3.8, 4) is 0 Å². The zero-order valence-electron chi connectivity index (χ0n) is 20.3. The van der Waals surface area contributed by atoms with Gasteiger partial charge in [-0.05, 0) is 33.1 Å². The van der Waals surface area contributed by atoms with Gasteiger partial charge in [-0.3, -0.25) is 0 Å². The molecule has 0 aliphatic heterocycles. The number of aliphatic hydroxyl groups excluding tert-OH is 2. The maximum Gasteiger partial charge on any atom is 0.0529 e. The zero-order valence-corrected chi connectivity index (χ0v) is 20.3. The summed E-state index contributed by atoms with van der Waals surface area (Å²) >= 11 is 0. The maximum absolute atomic E-state index is 9.68. The van der Waals surface area contributed by atoms with Crippen LogP contribution in [0.2, 0.25) is 0 Å². The Hall–Kier alpha value is -0.120. The Morgan fingerprint density at radius 1 is 0.552 bits per heavy atom. The van der Waals surface area contributed by atoms with Gasteiger partial charge in [-0.1, -0.05) is 116 Å². The largest absolute Gasteiger partial charge is 0.393 e. The van der Waals surface area contributed by atoms with E-state index >= 15 is 0 Å². The van der Waals surface area contributed by atoms with Gasteiger partial charge in [-0.2, -0.15) is 0 Å². The van der Waals surface area contributed by atoms with Crippen molar-refractivity contribution in [2.75, 3.05) is 0 Å². The van der Waals surface area contributed by atoms with Crippen LogP contribution in [0, 0.1) is 0 Å². The lowest BCUT2D eigenvalue weighted by molar-refractivity contribution is 0.0985. The van der Waals surface area contributed by atoms with Crippen LogP contribution >= 0.6 is 0 Å². The van der Waals surface area contributed by atoms with Gasteiger partial charge in [-0.25, -0.2) is 0 Å². The molecular formula is C26H55NO2. The van der Waals surface area contributed by atoms with Gasteiger partial charge < -0.3 is 15.9 Å². The molecule has 0 aromatic rings. The highest BCUT2D eigenvalue weighted by molar-refractivity contribution is 4.87. The van der Waals surface area contributed by atoms with Crippen LogP contribution in [0.4, 0.5) is 0 Å². The minimum absolute atomic E-state index is 0.399. The first-order valence-corrected chi connectivity index (χ1v) is 13.0. The van der Waals surface area contributed by atoms with E-state index in [-0.39, 0.29) is 0 Å². The maximum atomic E-state index is 9.68. The molecule has 0 aromatic carbocycles. The number of hydrogen-bond donors (Lipinski definition) is 3. The minimum Gasteiger partial charge on any atom is -0.393 e. The summed E-state index contributed by atoms with van der Waals surface area (Å²) in [5.74, 6) is 0. The van der Waals surface area contributed by atoms with Gasteiger partial charge in [0.1, 0.15) is 0 Å². The van der Waals surface area contributed by atoms with E-state index in [1.807, 2.05) is 0 Å². The van der Waals surface area contributed by atoms with Crippen molar-refractivity contribution < 1.29 is 10.2 Å². The smallest absolute Gasteiger partial charge is 0.0529 e. The Balaban J connectivity index is 3.42. The summed E-state index contributed by atoms with van der Waals surface area (Å²) in [6.07, 6.45) is 24.7. The first-order valence-electron chi connectivity index (χ1n) is 13.0. The van der Waals surface area contributed by atoms with Gasteiger partial charge in [-0.15, -0.1) is 0 Å². The van der Waals surface area contributed by atoms with Crippen LogP contribution in [0.1, 0.15) is 149 Å². The van der Waals surface area contributed by atoms with E-state index in [0.29, 0.717) is 12.8 Å². The van der Waals surface area contributed by atoms with Gasteiger partial charge in [0.05, 0.1) is 12.2 Å². The molecule has 0 fully saturated rings. The molecule has 29 heavy (non-hydrogen) atoms. The van der Waals surface area contributed by atoms with E-state index in [2.05, 4.69) is 6.92 Å². The topological polar surface area (TPSA) is 66.5 Å². The SMILES string of the molecule is CCCCCCCCCCCCCCCCCCCC(N)(CC(C)O)CC(C)O. The van der Waals surface area contributed by atoms with E-state index in [0.717, 1.165) is 12.8 Å². The number of nitrogens with two attached hydrogens (primary N) is 1. The molecule has 0 aliphatic rings. The molecule has 0 spiro atoms. The summed E-state index contributed by atoms with van der Waals surface area (Å²) in [5.41, 5.74) is 6.03. The molecular weight excluding hydrogens is 358 g/mol. The number of unbranched alkanes of at least 4 members (excludes halogenated alkanes) is 16. The molecule has 2 unspecified atom stereocenters. The fraction of sp³-hybridized carbons (Fsp3) is 1.00. The first-order chi connectivity index (χ1) is 13.9. The van der Waals surface area contributed by atoms with Crippen LogP contribution < -0.4 is 5.73 Å². The zero-order chi connectivity index (χ0) is 21.8. The first kappa shape index (κ1) is 28.9. The second-order valence-electron chi connectivity index (χ2n) is 9.88. The highest BCUT2D eigenvalue weighted by Gasteiger charge is 2.27. The van der Waals surface area contributed by atoms with E-state index < -0.39 is 17.7 Å². The predicted octanol–water partition coefficient (Wildman–Crippen LogP) is 7.27. The molecule has 2 atom stereocenters. The lowest BCUT2D eigenvalue weighted by atomic mass is 9.83. The van der Waals surface area contributed by atoms with E-state index in [1.165, 1.54) is 103 Å². The molecule has 0 rings (SSSR count). The average molecular weight is 414 g/mol. The van der Waals surface area contributed by atoms with Crippen molar-refractivity contribution in [1.29, 1.82) is 0 Å². The minimum atomic E-state index is -0.419. The van der Waals surface area contributed by atoms with Crippen LogP contribution in [0.15, 0.2) is 0 Å². The van der Waals surface area contributed by atoms with Crippen molar-refractivity contribution in [3.05, 3.63) is 0 Å². The molecule has 0 heterocycles. The summed E-state index contributed by atoms with van der Waals surface area (Å²) in [6.45, 7) is 5.86. The second-order valence-corrected chi connectivity index (χ2v) is 9.88. The molecule has 3 heteroatoms. The van der Waals surface area contributed by atoms with Crippen LogP contribution in [0.3, 0.4) is 0 Å². The van der Waals surface area contributed by atoms with Crippen LogP contribution in [0.5, 0.6) is 0 Å². The van der Waals surface area contributed by atoms with Crippen molar-refractivity contribution in [2.45, 2.75) is 167 Å². The highest BCUT2D eigenvalue weighted by atomic mass is 16.3. The predicted molar refractivity (Wildman–Crippen MR) is 128 cm³/mol. The average Bonchev–Trinajstić information content (AvgIpc) is 2.63. The van der Waals surface area contributed by atoms with Crippen molar-refractivity contribution in [1.82, 2.24) is 0 Å². The standard InChI is InChI=1S/C26H55NO2/c1-4-5-6-7-8-9-10-11-12-13-14-15-16-17-18-19-20-21-26(27,22-24(2)28)23-25(3)29/h24-25,28-29H,4-23,27H2,1-3H3. The summed E-state index contributed by atoms with van der Waals surface area (Å²) in [4.78, 5) is 0. The Bertz CT molecular complexity index is 321. The third-order valence-electron chi connectivity index (χ3n) is 6.18. The van der Waals surface area contributed by atoms with Gasteiger partial charge >= 0.3 is 0 Å². The summed E-state index contributed by atoms with van der Waals surface area (Å²) in [5, 5.41) is 19.4. The molecule has 0 aliphatic carbocycles. The normalized spacial score (nSPS) is 15.9. The Morgan fingerprint density at radius 3 is 1.10 bits per heavy atom. The fourth-order valence-corrected chi connectivity index (χ4v) is 4.67. The van der Waals surface area contributed by atoms with E-state index in [4.69, 9.17) is 5.73 Å². The summed E-state index contributed by atoms with van der Waals surface area (Å²) in [7, 11) is 0. The molecule has 176 valence electrons. The van der Waals surface area contributed by atoms with E-state index in [9.17, 15) is 10.2 Å².